The van der Waals surface area contributed by atoms with Gasteiger partial charge in [-0.1, -0.05) is 18.2 Å². The van der Waals surface area contributed by atoms with Gasteiger partial charge in [0.15, 0.2) is 0 Å². The summed E-state index contributed by atoms with van der Waals surface area (Å²) >= 11 is 0. The van der Waals surface area contributed by atoms with Gasteiger partial charge in [0.1, 0.15) is 24.8 Å². The molecule has 5 nitrogen and oxygen atoms in total. The molecule has 140 valence electrons. The molecule has 2 N–H and O–H groups in total. The lowest BCUT2D eigenvalue weighted by Crippen LogP contribution is -2.47. The number of nitrogen functional groups attached to an aromatic ring is 1. The SMILES string of the molecule is CC(C)(C)N(CCOc1cccc(F)c1)C(=O)OCc1cccc(N)c1. The van der Waals surface area contributed by atoms with Gasteiger partial charge in [-0.05, 0) is 50.6 Å². The Balaban J connectivity index is 1.92. The molecular formula is C20H25FN2O3. The summed E-state index contributed by atoms with van der Waals surface area (Å²) in [4.78, 5) is 14.1. The Morgan fingerprint density at radius 1 is 1.15 bits per heavy atom. The number of nitrogens with two attached hydrogens (primary N) is 1. The lowest BCUT2D eigenvalue weighted by atomic mass is 10.1. The number of amides is 1. The van der Waals surface area contributed by atoms with E-state index in [1.165, 1.54) is 12.1 Å². The van der Waals surface area contributed by atoms with Gasteiger partial charge in [0.25, 0.3) is 0 Å². The molecule has 0 unspecified atom stereocenters. The Morgan fingerprint density at radius 3 is 2.54 bits per heavy atom. The van der Waals surface area contributed by atoms with Crippen LogP contribution < -0.4 is 10.5 Å². The molecule has 2 aromatic rings. The second-order valence-corrected chi connectivity index (χ2v) is 6.93. The van der Waals surface area contributed by atoms with Crippen LogP contribution in [0, 0.1) is 5.82 Å². The lowest BCUT2D eigenvalue weighted by molar-refractivity contribution is 0.0556. The molecule has 0 aromatic heterocycles. The molecule has 2 aromatic carbocycles. The summed E-state index contributed by atoms with van der Waals surface area (Å²) in [6.45, 7) is 6.43. The number of benzene rings is 2. The van der Waals surface area contributed by atoms with E-state index in [1.807, 2.05) is 32.9 Å². The van der Waals surface area contributed by atoms with E-state index in [0.717, 1.165) is 5.56 Å². The number of carbonyl (C=O) groups excluding carboxylic acids is 1. The largest absolute Gasteiger partial charge is 0.492 e. The molecule has 0 saturated carbocycles. The van der Waals surface area contributed by atoms with Crippen LogP contribution in [0.4, 0.5) is 14.9 Å². The first-order valence-electron chi connectivity index (χ1n) is 8.43. The summed E-state index contributed by atoms with van der Waals surface area (Å²) in [6.07, 6.45) is -0.442. The summed E-state index contributed by atoms with van der Waals surface area (Å²) < 4.78 is 24.1. The monoisotopic (exact) mass is 360 g/mol. The number of rotatable bonds is 6. The third kappa shape index (κ3) is 5.95. The standard InChI is InChI=1S/C20H25FN2O3/c1-20(2,3)23(10-11-25-18-9-5-7-16(21)13-18)19(24)26-14-15-6-4-8-17(22)12-15/h4-9,12-13H,10-11,14,22H2,1-3H3. The van der Waals surface area contributed by atoms with Crippen LogP contribution >= 0.6 is 0 Å². The van der Waals surface area contributed by atoms with Gasteiger partial charge in [-0.2, -0.15) is 0 Å². The molecule has 26 heavy (non-hydrogen) atoms. The second kappa shape index (κ2) is 8.56. The molecule has 0 spiro atoms. The molecule has 0 aliphatic heterocycles. The van der Waals surface area contributed by atoms with Gasteiger partial charge >= 0.3 is 6.09 Å². The molecule has 0 aliphatic rings. The Hall–Kier alpha value is -2.76. The van der Waals surface area contributed by atoms with E-state index < -0.39 is 11.6 Å². The summed E-state index contributed by atoms with van der Waals surface area (Å²) in [5.74, 6) is 0.0590. The van der Waals surface area contributed by atoms with Crippen molar-refractivity contribution in [1.82, 2.24) is 4.90 Å². The molecule has 0 radical (unpaired) electrons. The van der Waals surface area contributed by atoms with Crippen LogP contribution in [-0.2, 0) is 11.3 Å². The number of nitrogens with zero attached hydrogens (tertiary/aromatic N) is 1. The Morgan fingerprint density at radius 2 is 1.88 bits per heavy atom. The maximum Gasteiger partial charge on any atom is 0.410 e. The van der Waals surface area contributed by atoms with Gasteiger partial charge in [-0.25, -0.2) is 9.18 Å². The fourth-order valence-electron chi connectivity index (χ4n) is 2.42. The van der Waals surface area contributed by atoms with Gasteiger partial charge in [0.2, 0.25) is 0 Å². The Bertz CT molecular complexity index is 744. The number of hydrogen-bond acceptors (Lipinski definition) is 4. The highest BCUT2D eigenvalue weighted by atomic mass is 19.1. The molecule has 0 fully saturated rings. The zero-order valence-corrected chi connectivity index (χ0v) is 15.4. The summed E-state index contributed by atoms with van der Waals surface area (Å²) in [5, 5.41) is 0. The van der Waals surface area contributed by atoms with Crippen LogP contribution in [0.25, 0.3) is 0 Å². The highest BCUT2D eigenvalue weighted by Crippen LogP contribution is 2.17. The molecule has 2 rings (SSSR count). The maximum atomic E-state index is 13.2. The second-order valence-electron chi connectivity index (χ2n) is 6.93. The van der Waals surface area contributed by atoms with E-state index in [2.05, 4.69) is 0 Å². The van der Waals surface area contributed by atoms with E-state index in [9.17, 15) is 9.18 Å². The summed E-state index contributed by atoms with van der Waals surface area (Å²) in [6, 6.07) is 13.1. The van der Waals surface area contributed by atoms with E-state index in [0.29, 0.717) is 18.0 Å². The van der Waals surface area contributed by atoms with Crippen LogP contribution in [0.3, 0.4) is 0 Å². The fraction of sp³-hybridized carbons (Fsp3) is 0.350. The molecule has 6 heteroatoms. The normalized spacial score (nSPS) is 11.1. The molecule has 0 bridgehead atoms. The quantitative estimate of drug-likeness (QED) is 0.783. The zero-order chi connectivity index (χ0) is 19.2. The predicted molar refractivity (Wildman–Crippen MR) is 99.4 cm³/mol. The molecule has 0 heterocycles. The molecule has 0 atom stereocenters. The van der Waals surface area contributed by atoms with Crippen molar-refractivity contribution in [1.29, 1.82) is 0 Å². The van der Waals surface area contributed by atoms with Crippen LogP contribution in [0.5, 0.6) is 5.75 Å². The van der Waals surface area contributed by atoms with Crippen molar-refractivity contribution >= 4 is 11.8 Å². The number of ether oxygens (including phenoxy) is 2. The lowest BCUT2D eigenvalue weighted by Gasteiger charge is -2.34. The minimum atomic E-state index is -0.446. The molecule has 0 aliphatic carbocycles. The van der Waals surface area contributed by atoms with Gasteiger partial charge in [0, 0.05) is 17.3 Å². The zero-order valence-electron chi connectivity index (χ0n) is 15.4. The van der Waals surface area contributed by atoms with Crippen molar-refractivity contribution in [3.63, 3.8) is 0 Å². The van der Waals surface area contributed by atoms with Crippen LogP contribution in [0.1, 0.15) is 26.3 Å². The predicted octanol–water partition coefficient (Wildman–Crippen LogP) is 4.22. The minimum Gasteiger partial charge on any atom is -0.492 e. The van der Waals surface area contributed by atoms with E-state index in [-0.39, 0.29) is 19.0 Å². The van der Waals surface area contributed by atoms with Crippen molar-refractivity contribution in [2.45, 2.75) is 32.9 Å². The maximum absolute atomic E-state index is 13.2. The molecule has 1 amide bonds. The topological polar surface area (TPSA) is 64.8 Å². The smallest absolute Gasteiger partial charge is 0.410 e. The Labute approximate surface area is 153 Å². The fourth-order valence-corrected chi connectivity index (χ4v) is 2.42. The number of halogens is 1. The average Bonchev–Trinajstić information content (AvgIpc) is 2.56. The van der Waals surface area contributed by atoms with E-state index in [1.54, 1.807) is 29.2 Å². The van der Waals surface area contributed by atoms with Gasteiger partial charge < -0.3 is 15.2 Å². The van der Waals surface area contributed by atoms with Crippen molar-refractivity contribution in [2.24, 2.45) is 0 Å². The molecule has 0 saturated heterocycles. The van der Waals surface area contributed by atoms with Crippen molar-refractivity contribution in [3.05, 3.63) is 59.9 Å². The van der Waals surface area contributed by atoms with Crippen molar-refractivity contribution in [3.8, 4) is 5.75 Å². The van der Waals surface area contributed by atoms with E-state index >= 15 is 0 Å². The minimum absolute atomic E-state index is 0.140. The first-order valence-corrected chi connectivity index (χ1v) is 8.43. The van der Waals surface area contributed by atoms with Crippen LogP contribution in [-0.4, -0.2) is 29.7 Å². The van der Waals surface area contributed by atoms with Crippen molar-refractivity contribution in [2.75, 3.05) is 18.9 Å². The highest BCUT2D eigenvalue weighted by Gasteiger charge is 2.27. The number of carbonyl (C=O) groups is 1. The van der Waals surface area contributed by atoms with Crippen LogP contribution in [0.15, 0.2) is 48.5 Å². The summed E-state index contributed by atoms with van der Waals surface area (Å²) in [5.41, 5.74) is 6.73. The third-order valence-corrected chi connectivity index (χ3v) is 3.72. The number of hydrogen-bond donors (Lipinski definition) is 1. The van der Waals surface area contributed by atoms with Gasteiger partial charge in [-0.15, -0.1) is 0 Å². The highest BCUT2D eigenvalue weighted by molar-refractivity contribution is 5.68. The first-order chi connectivity index (χ1) is 12.3. The van der Waals surface area contributed by atoms with Gasteiger partial charge in [0.05, 0.1) is 6.54 Å². The first kappa shape index (κ1) is 19.6. The van der Waals surface area contributed by atoms with Gasteiger partial charge in [-0.3, -0.25) is 4.90 Å². The van der Waals surface area contributed by atoms with E-state index in [4.69, 9.17) is 15.2 Å². The number of anilines is 1. The molecular weight excluding hydrogens is 335 g/mol. The summed E-state index contributed by atoms with van der Waals surface area (Å²) in [7, 11) is 0. The average molecular weight is 360 g/mol. The third-order valence-electron chi connectivity index (χ3n) is 3.72. The van der Waals surface area contributed by atoms with Crippen LogP contribution in [0.2, 0.25) is 0 Å². The van der Waals surface area contributed by atoms with Crippen molar-refractivity contribution < 1.29 is 18.7 Å². The Kier molecular flexibility index (Phi) is 6.44.